The van der Waals surface area contributed by atoms with Gasteiger partial charge < -0.3 is 24.3 Å². The number of benzene rings is 3. The molecule has 2 N–H and O–H groups in total. The highest BCUT2D eigenvalue weighted by atomic mass is 16.6. The number of hydrogen-bond donors (Lipinski definition) is 2. The second-order valence-corrected chi connectivity index (χ2v) is 7.45. The summed E-state index contributed by atoms with van der Waals surface area (Å²) in [5.41, 5.74) is 5.84. The highest BCUT2D eigenvalue weighted by Gasteiger charge is 2.15. The van der Waals surface area contributed by atoms with Crippen LogP contribution in [0.5, 0.6) is 0 Å². The number of H-pyrrole nitrogens is 1. The van der Waals surface area contributed by atoms with Crippen LogP contribution in [0.3, 0.4) is 0 Å². The average molecular weight is 446 g/mol. The fourth-order valence-electron chi connectivity index (χ4n) is 3.70. The quantitative estimate of drug-likeness (QED) is 0.259. The van der Waals surface area contributed by atoms with E-state index in [0.29, 0.717) is 32.0 Å². The molecule has 1 heterocycles. The monoisotopic (exact) mass is 445 g/mol. The summed E-state index contributed by atoms with van der Waals surface area (Å²) in [4.78, 5) is 15.9. The summed E-state index contributed by atoms with van der Waals surface area (Å²) < 4.78 is 15.7. The van der Waals surface area contributed by atoms with Crippen LogP contribution in [0, 0.1) is 0 Å². The van der Waals surface area contributed by atoms with Crippen LogP contribution in [-0.2, 0) is 14.2 Å². The molecule has 0 bridgehead atoms. The molecule has 1 aromatic heterocycles. The van der Waals surface area contributed by atoms with Gasteiger partial charge in [0.25, 0.3) is 0 Å². The Morgan fingerprint density at radius 2 is 1.39 bits per heavy atom. The van der Waals surface area contributed by atoms with Crippen molar-refractivity contribution >= 4 is 16.9 Å². The van der Waals surface area contributed by atoms with Gasteiger partial charge in [-0.3, -0.25) is 0 Å². The number of aromatic amines is 1. The van der Waals surface area contributed by atoms with Crippen LogP contribution in [0.25, 0.3) is 33.3 Å². The summed E-state index contributed by atoms with van der Waals surface area (Å²) in [7, 11) is 0. The van der Waals surface area contributed by atoms with Crippen LogP contribution < -0.4 is 0 Å². The molecule has 0 radical (unpaired) electrons. The van der Waals surface area contributed by atoms with Crippen LogP contribution in [0.2, 0.25) is 0 Å². The van der Waals surface area contributed by atoms with Gasteiger partial charge in [-0.2, -0.15) is 0 Å². The predicted octanol–water partition coefficient (Wildman–Crippen LogP) is 4.68. The number of aromatic nitrogens is 1. The third kappa shape index (κ3) is 5.68. The predicted molar refractivity (Wildman–Crippen MR) is 128 cm³/mol. The Morgan fingerprint density at radius 3 is 2.15 bits per heavy atom. The maximum Gasteiger partial charge on any atom is 0.338 e. The first-order valence-electron chi connectivity index (χ1n) is 11.0. The lowest BCUT2D eigenvalue weighted by atomic mass is 9.98. The molecule has 6 heteroatoms. The van der Waals surface area contributed by atoms with Crippen molar-refractivity contribution in [3.63, 3.8) is 0 Å². The SMILES string of the molecule is O=C(OCCOCCOCCO)c1ccc(-c2[nH]c3ccccc3c2-c2ccccc2)cc1. The highest BCUT2D eigenvalue weighted by Crippen LogP contribution is 2.38. The fraction of sp³-hybridized carbons (Fsp3) is 0.222. The van der Waals surface area contributed by atoms with Crippen molar-refractivity contribution in [3.8, 4) is 22.4 Å². The van der Waals surface area contributed by atoms with Gasteiger partial charge in [-0.1, -0.05) is 60.7 Å². The van der Waals surface area contributed by atoms with E-state index in [2.05, 4.69) is 29.2 Å². The number of fused-ring (bicyclic) bond motifs is 1. The molecule has 0 fully saturated rings. The van der Waals surface area contributed by atoms with E-state index in [9.17, 15) is 4.79 Å². The van der Waals surface area contributed by atoms with Gasteiger partial charge in [0, 0.05) is 16.5 Å². The molecule has 6 nitrogen and oxygen atoms in total. The van der Waals surface area contributed by atoms with Gasteiger partial charge in [-0.05, 0) is 29.3 Å². The lowest BCUT2D eigenvalue weighted by molar-refractivity contribution is 0.00920. The van der Waals surface area contributed by atoms with Crippen LogP contribution in [0.4, 0.5) is 0 Å². The summed E-state index contributed by atoms with van der Waals surface area (Å²) >= 11 is 0. The topological polar surface area (TPSA) is 80.8 Å². The zero-order chi connectivity index (χ0) is 22.9. The third-order valence-corrected chi connectivity index (χ3v) is 5.25. The number of esters is 1. The van der Waals surface area contributed by atoms with E-state index in [4.69, 9.17) is 19.3 Å². The van der Waals surface area contributed by atoms with Gasteiger partial charge in [0.2, 0.25) is 0 Å². The first kappa shape index (κ1) is 22.7. The summed E-state index contributed by atoms with van der Waals surface area (Å²) in [6.07, 6.45) is 0. The maximum atomic E-state index is 12.4. The first-order valence-corrected chi connectivity index (χ1v) is 11.0. The number of aliphatic hydroxyl groups excluding tert-OH is 1. The van der Waals surface area contributed by atoms with Crippen LogP contribution in [-0.4, -0.2) is 55.7 Å². The summed E-state index contributed by atoms with van der Waals surface area (Å²) in [5, 5.41) is 9.79. The third-order valence-electron chi connectivity index (χ3n) is 5.25. The molecule has 170 valence electrons. The van der Waals surface area contributed by atoms with Crippen molar-refractivity contribution in [1.29, 1.82) is 0 Å². The molecule has 0 aliphatic carbocycles. The van der Waals surface area contributed by atoms with Crippen LogP contribution in [0.1, 0.15) is 10.4 Å². The molecule has 0 amide bonds. The maximum absolute atomic E-state index is 12.4. The van der Waals surface area contributed by atoms with Gasteiger partial charge in [0.05, 0.1) is 44.3 Å². The van der Waals surface area contributed by atoms with Crippen molar-refractivity contribution in [1.82, 2.24) is 4.98 Å². The molecular weight excluding hydrogens is 418 g/mol. The molecule has 3 aromatic carbocycles. The minimum absolute atomic E-state index is 0.00967. The Kier molecular flexibility index (Phi) is 7.87. The van der Waals surface area contributed by atoms with E-state index in [1.165, 1.54) is 0 Å². The first-order chi connectivity index (χ1) is 16.3. The number of nitrogens with one attached hydrogen (secondary N) is 1. The summed E-state index contributed by atoms with van der Waals surface area (Å²) in [5.74, 6) is -0.387. The molecule has 4 aromatic rings. The Hall–Kier alpha value is -3.45. The average Bonchev–Trinajstić information content (AvgIpc) is 3.26. The number of hydrogen-bond acceptors (Lipinski definition) is 5. The van der Waals surface area contributed by atoms with Crippen molar-refractivity contribution in [3.05, 3.63) is 84.4 Å². The molecule has 0 atom stereocenters. The van der Waals surface area contributed by atoms with E-state index in [1.807, 2.05) is 42.5 Å². The van der Waals surface area contributed by atoms with Gasteiger partial charge in [0.15, 0.2) is 0 Å². The van der Waals surface area contributed by atoms with E-state index in [-0.39, 0.29) is 19.2 Å². The standard InChI is InChI=1S/C27H27NO5/c29-14-15-31-16-17-32-18-19-33-27(30)22-12-10-21(11-13-22)26-25(20-6-2-1-3-7-20)23-8-4-5-9-24(23)28-26/h1-13,28-29H,14-19H2. The Morgan fingerprint density at radius 1 is 0.727 bits per heavy atom. The van der Waals surface area contributed by atoms with E-state index >= 15 is 0 Å². The zero-order valence-corrected chi connectivity index (χ0v) is 18.3. The molecule has 0 aliphatic heterocycles. The van der Waals surface area contributed by atoms with Crippen molar-refractivity contribution in [2.75, 3.05) is 39.6 Å². The molecule has 0 unspecified atom stereocenters. The number of aliphatic hydroxyl groups is 1. The molecule has 0 spiro atoms. The molecule has 0 aliphatic rings. The normalized spacial score (nSPS) is 11.1. The number of carbonyl (C=O) groups excluding carboxylic acids is 1. The largest absolute Gasteiger partial charge is 0.460 e. The fourth-order valence-corrected chi connectivity index (χ4v) is 3.70. The number of rotatable bonds is 11. The minimum Gasteiger partial charge on any atom is -0.460 e. The van der Waals surface area contributed by atoms with Gasteiger partial charge in [-0.25, -0.2) is 4.79 Å². The second-order valence-electron chi connectivity index (χ2n) is 7.45. The van der Waals surface area contributed by atoms with Crippen molar-refractivity contribution in [2.45, 2.75) is 0 Å². The second kappa shape index (κ2) is 11.4. The lowest BCUT2D eigenvalue weighted by Crippen LogP contribution is -2.13. The van der Waals surface area contributed by atoms with E-state index in [0.717, 1.165) is 33.3 Å². The highest BCUT2D eigenvalue weighted by molar-refractivity contribution is 6.04. The summed E-state index contributed by atoms with van der Waals surface area (Å²) in [6, 6.07) is 25.9. The van der Waals surface area contributed by atoms with E-state index in [1.54, 1.807) is 12.1 Å². The van der Waals surface area contributed by atoms with E-state index < -0.39 is 0 Å². The zero-order valence-electron chi connectivity index (χ0n) is 18.3. The molecule has 0 saturated heterocycles. The minimum atomic E-state index is -0.387. The van der Waals surface area contributed by atoms with Crippen molar-refractivity contribution in [2.24, 2.45) is 0 Å². The summed E-state index contributed by atoms with van der Waals surface area (Å²) in [6.45, 7) is 1.53. The smallest absolute Gasteiger partial charge is 0.338 e. The van der Waals surface area contributed by atoms with Gasteiger partial charge in [-0.15, -0.1) is 0 Å². The Labute approximate surface area is 192 Å². The lowest BCUT2D eigenvalue weighted by Gasteiger charge is -2.08. The van der Waals surface area contributed by atoms with Crippen LogP contribution in [0.15, 0.2) is 78.9 Å². The van der Waals surface area contributed by atoms with Gasteiger partial charge >= 0.3 is 5.97 Å². The number of para-hydroxylation sites is 1. The van der Waals surface area contributed by atoms with Gasteiger partial charge in [0.1, 0.15) is 6.61 Å². The Balaban J connectivity index is 1.43. The molecule has 4 rings (SSSR count). The molecular formula is C27H27NO5. The molecule has 33 heavy (non-hydrogen) atoms. The number of carbonyl (C=O) groups is 1. The Bertz CT molecular complexity index is 1170. The van der Waals surface area contributed by atoms with Crippen LogP contribution >= 0.6 is 0 Å². The molecule has 0 saturated carbocycles. The number of ether oxygens (including phenoxy) is 3. The van der Waals surface area contributed by atoms with Crippen molar-refractivity contribution < 1.29 is 24.1 Å².